The SMILES string of the molecule is COC(=O)N[C@H](C(=O)N1CCC[C@H]1C(=O)Nc1ccc([C@@H]2CC[C@@H](c3ccc(NC(=O)[C@@H]4CCCN4C(=O)[C@H](NC(=O)OC)C(C)(C)C)cc3)N2c2ccc(C(F)(F)F)cc2)cc1)C(C)(C)C. The first-order chi connectivity index (χ1) is 31.5. The van der Waals surface area contributed by atoms with Gasteiger partial charge in [-0.05, 0) is 109 Å². The summed E-state index contributed by atoms with van der Waals surface area (Å²) in [5.41, 5.74) is 1.23. The maximum absolute atomic E-state index is 13.7. The van der Waals surface area contributed by atoms with Crippen LogP contribution in [0, 0.1) is 10.8 Å². The van der Waals surface area contributed by atoms with Crippen LogP contribution in [0.1, 0.15) is 109 Å². The van der Waals surface area contributed by atoms with Crippen molar-refractivity contribution in [3.63, 3.8) is 0 Å². The fourth-order valence-electron chi connectivity index (χ4n) is 9.27. The quantitative estimate of drug-likeness (QED) is 0.148. The van der Waals surface area contributed by atoms with Crippen LogP contribution in [0.15, 0.2) is 72.8 Å². The standard InChI is InChI=1S/C49H62F3N7O8/c1-47(2,3)39(55-45(64)66-7)43(62)57-27-9-11-37(57)41(60)53-32-19-13-29(14-20-32)35-25-26-36(59(35)34-23-17-31(18-24-34)49(50,51)52)30-15-21-33(22-16-30)54-42(61)38-12-10-28-58(38)44(63)40(48(4,5)6)56-46(65)67-8/h13-24,35-40H,9-12,25-28H2,1-8H3,(H,53,60)(H,54,61)(H,55,64)(H,56,65)/t35-,36-,37-,38-,39-,40+/m0/s1. The van der Waals surface area contributed by atoms with Crippen molar-refractivity contribution < 1.29 is 51.4 Å². The molecule has 6 atom stereocenters. The Hall–Kier alpha value is -6.33. The number of rotatable bonds is 11. The van der Waals surface area contributed by atoms with Gasteiger partial charge in [0.25, 0.3) is 0 Å². The first kappa shape index (κ1) is 50.1. The predicted molar refractivity (Wildman–Crippen MR) is 246 cm³/mol. The van der Waals surface area contributed by atoms with E-state index in [0.29, 0.717) is 68.7 Å². The molecule has 0 saturated carbocycles. The summed E-state index contributed by atoms with van der Waals surface area (Å²) in [6.45, 7) is 11.6. The normalized spacial score (nSPS) is 20.7. The highest BCUT2D eigenvalue weighted by Crippen LogP contribution is 2.48. The van der Waals surface area contributed by atoms with E-state index in [0.717, 1.165) is 23.3 Å². The number of ether oxygens (including phenoxy) is 2. The van der Waals surface area contributed by atoms with E-state index in [4.69, 9.17) is 9.47 Å². The third-order valence-electron chi connectivity index (χ3n) is 12.8. The number of carbonyl (C=O) groups excluding carboxylic acids is 6. The van der Waals surface area contributed by atoms with Crippen molar-refractivity contribution in [2.75, 3.05) is 42.8 Å². The Balaban J connectivity index is 1.18. The van der Waals surface area contributed by atoms with Crippen LogP contribution >= 0.6 is 0 Å². The molecule has 0 spiro atoms. The Kier molecular flexibility index (Phi) is 15.2. The van der Waals surface area contributed by atoms with Crippen LogP contribution in [0.4, 0.5) is 39.8 Å². The lowest BCUT2D eigenvalue weighted by atomic mass is 9.85. The second kappa shape index (κ2) is 20.3. The summed E-state index contributed by atoms with van der Waals surface area (Å²) in [6, 6.07) is 15.7. The van der Waals surface area contributed by atoms with Crippen molar-refractivity contribution in [3.05, 3.63) is 89.5 Å². The number of alkyl carbamates (subject to hydrolysis) is 2. The summed E-state index contributed by atoms with van der Waals surface area (Å²) in [5.74, 6) is -1.49. The molecule has 67 heavy (non-hydrogen) atoms. The third-order valence-corrected chi connectivity index (χ3v) is 12.8. The average Bonchev–Trinajstić information content (AvgIpc) is 4.07. The van der Waals surface area contributed by atoms with Gasteiger partial charge in [0, 0.05) is 30.2 Å². The zero-order valence-corrected chi connectivity index (χ0v) is 39.3. The minimum absolute atomic E-state index is 0.262. The molecule has 0 aliphatic carbocycles. The Morgan fingerprint density at radius 2 is 0.940 bits per heavy atom. The number of halogens is 3. The molecule has 6 rings (SSSR count). The van der Waals surface area contributed by atoms with Gasteiger partial charge in [0.2, 0.25) is 23.6 Å². The highest BCUT2D eigenvalue weighted by molar-refractivity contribution is 6.00. The molecule has 0 bridgehead atoms. The summed E-state index contributed by atoms with van der Waals surface area (Å²) in [7, 11) is 2.43. The maximum atomic E-state index is 13.7. The van der Waals surface area contributed by atoms with Gasteiger partial charge in [-0.25, -0.2) is 9.59 Å². The van der Waals surface area contributed by atoms with Crippen LogP contribution in [-0.2, 0) is 34.8 Å². The monoisotopic (exact) mass is 933 g/mol. The van der Waals surface area contributed by atoms with Gasteiger partial charge < -0.3 is 45.4 Å². The van der Waals surface area contributed by atoms with Gasteiger partial charge in [0.05, 0.1) is 31.9 Å². The zero-order valence-electron chi connectivity index (χ0n) is 39.3. The molecule has 0 aromatic heterocycles. The minimum atomic E-state index is -4.52. The summed E-state index contributed by atoms with van der Waals surface area (Å²) in [6.07, 6.45) is -2.61. The van der Waals surface area contributed by atoms with E-state index in [-0.39, 0.29) is 35.7 Å². The van der Waals surface area contributed by atoms with Gasteiger partial charge in [-0.2, -0.15) is 13.2 Å². The molecule has 3 saturated heterocycles. The van der Waals surface area contributed by atoms with E-state index in [1.807, 2.05) is 65.8 Å². The van der Waals surface area contributed by atoms with E-state index in [2.05, 4.69) is 26.2 Å². The molecule has 15 nitrogen and oxygen atoms in total. The summed E-state index contributed by atoms with van der Waals surface area (Å²) in [4.78, 5) is 84.2. The van der Waals surface area contributed by atoms with Crippen molar-refractivity contribution in [1.82, 2.24) is 20.4 Å². The lowest BCUT2D eigenvalue weighted by Crippen LogP contribution is -2.57. The number of anilines is 3. The Bertz CT molecular complexity index is 2150. The molecule has 18 heteroatoms. The van der Waals surface area contributed by atoms with E-state index in [9.17, 15) is 41.9 Å². The molecule has 0 radical (unpaired) electrons. The highest BCUT2D eigenvalue weighted by Gasteiger charge is 2.44. The van der Waals surface area contributed by atoms with Gasteiger partial charge in [0.15, 0.2) is 0 Å². The molecule has 3 aliphatic rings. The Morgan fingerprint density at radius 1 is 0.567 bits per heavy atom. The van der Waals surface area contributed by atoms with E-state index in [1.165, 1.54) is 36.2 Å². The third kappa shape index (κ3) is 11.6. The molecule has 6 amide bonds. The number of carbonyl (C=O) groups is 6. The van der Waals surface area contributed by atoms with Crippen molar-refractivity contribution in [2.24, 2.45) is 10.8 Å². The second-order valence-electron chi connectivity index (χ2n) is 19.5. The van der Waals surface area contributed by atoms with Crippen LogP contribution in [0.3, 0.4) is 0 Å². The first-order valence-electron chi connectivity index (χ1n) is 22.6. The largest absolute Gasteiger partial charge is 0.453 e. The van der Waals surface area contributed by atoms with Crippen molar-refractivity contribution in [1.29, 1.82) is 0 Å². The summed E-state index contributed by atoms with van der Waals surface area (Å²) in [5, 5.41) is 11.1. The Morgan fingerprint density at radius 3 is 1.27 bits per heavy atom. The lowest BCUT2D eigenvalue weighted by molar-refractivity contribution is -0.140. The van der Waals surface area contributed by atoms with Crippen molar-refractivity contribution >= 4 is 52.9 Å². The zero-order chi connectivity index (χ0) is 49.0. The number of amides is 6. The van der Waals surface area contributed by atoms with Crippen molar-refractivity contribution in [3.8, 4) is 0 Å². The van der Waals surface area contributed by atoms with E-state index >= 15 is 0 Å². The van der Waals surface area contributed by atoms with Crippen LogP contribution in [0.5, 0.6) is 0 Å². The number of likely N-dealkylation sites (tertiary alicyclic amines) is 2. The van der Waals surface area contributed by atoms with Crippen molar-refractivity contribution in [2.45, 2.75) is 122 Å². The number of alkyl halides is 3. The van der Waals surface area contributed by atoms with Gasteiger partial charge >= 0.3 is 18.4 Å². The Labute approximate surface area is 389 Å². The number of methoxy groups -OCH3 is 2. The highest BCUT2D eigenvalue weighted by atomic mass is 19.4. The molecular weight excluding hydrogens is 872 g/mol. The predicted octanol–water partition coefficient (Wildman–Crippen LogP) is 8.19. The topological polar surface area (TPSA) is 179 Å². The van der Waals surface area contributed by atoms with Crippen LogP contribution in [0.2, 0.25) is 0 Å². The van der Waals surface area contributed by atoms with Gasteiger partial charge in [-0.3, -0.25) is 19.2 Å². The fourth-order valence-corrected chi connectivity index (χ4v) is 9.27. The second-order valence-corrected chi connectivity index (χ2v) is 19.5. The number of nitrogens with zero attached hydrogens (tertiary/aromatic N) is 3. The summed E-state index contributed by atoms with van der Waals surface area (Å²) >= 11 is 0. The van der Waals surface area contributed by atoms with Gasteiger partial charge in [-0.1, -0.05) is 65.8 Å². The molecule has 3 aliphatic heterocycles. The van der Waals surface area contributed by atoms with E-state index < -0.39 is 58.9 Å². The molecule has 0 unspecified atom stereocenters. The number of hydrogen-bond donors (Lipinski definition) is 4. The summed E-state index contributed by atoms with van der Waals surface area (Å²) < 4.78 is 50.6. The lowest BCUT2D eigenvalue weighted by Gasteiger charge is -2.35. The minimum Gasteiger partial charge on any atom is -0.453 e. The maximum Gasteiger partial charge on any atom is 0.416 e. The number of nitrogens with one attached hydrogen (secondary N) is 4. The van der Waals surface area contributed by atoms with Gasteiger partial charge in [-0.15, -0.1) is 0 Å². The van der Waals surface area contributed by atoms with Crippen LogP contribution in [0.25, 0.3) is 0 Å². The first-order valence-corrected chi connectivity index (χ1v) is 22.6. The molecular formula is C49H62F3N7O8. The molecule has 4 N–H and O–H groups in total. The van der Waals surface area contributed by atoms with Crippen LogP contribution in [-0.4, -0.2) is 97.1 Å². The van der Waals surface area contributed by atoms with Gasteiger partial charge in [0.1, 0.15) is 24.2 Å². The number of benzene rings is 3. The molecule has 3 heterocycles. The molecule has 3 aromatic rings. The fraction of sp³-hybridized carbons (Fsp3) is 0.510. The molecule has 3 aromatic carbocycles. The van der Waals surface area contributed by atoms with E-state index in [1.54, 1.807) is 24.3 Å². The smallest absolute Gasteiger partial charge is 0.416 e. The molecule has 362 valence electrons. The average molecular weight is 934 g/mol. The molecule has 3 fully saturated rings. The van der Waals surface area contributed by atoms with Crippen LogP contribution < -0.4 is 26.2 Å². The number of hydrogen-bond acceptors (Lipinski definition) is 9.